The molecule has 100 valence electrons. The lowest BCUT2D eigenvalue weighted by Gasteiger charge is -2.21. The maximum atomic E-state index is 11.2. The monoisotopic (exact) mass is 262 g/mol. The molecule has 0 spiro atoms. The lowest BCUT2D eigenvalue weighted by molar-refractivity contribution is 0.0685. The van der Waals surface area contributed by atoms with Gasteiger partial charge in [-0.05, 0) is 26.8 Å². The summed E-state index contributed by atoms with van der Waals surface area (Å²) in [6, 6.07) is 1.34. The molecule has 0 aromatic carbocycles. The lowest BCUT2D eigenvalue weighted by Crippen LogP contribution is -2.21. The van der Waals surface area contributed by atoms with Crippen molar-refractivity contribution in [2.75, 3.05) is 0 Å². The van der Waals surface area contributed by atoms with Crippen LogP contribution in [0.25, 0.3) is 11.0 Å². The minimum absolute atomic E-state index is 0.0262. The molecule has 0 amide bonds. The van der Waals surface area contributed by atoms with E-state index in [0.29, 0.717) is 11.0 Å². The molecule has 2 aromatic rings. The molecule has 6 heteroatoms. The van der Waals surface area contributed by atoms with E-state index in [2.05, 4.69) is 4.98 Å². The SMILES string of the molecule is CC(C)(C)n1cc(C(=O)O)c2cc(C(=O)O)cnc21. The van der Waals surface area contributed by atoms with Crippen LogP contribution in [-0.4, -0.2) is 31.7 Å². The first-order chi connectivity index (χ1) is 8.71. The molecule has 0 aliphatic heterocycles. The molecule has 19 heavy (non-hydrogen) atoms. The number of pyridine rings is 1. The van der Waals surface area contributed by atoms with Crippen molar-refractivity contribution in [3.8, 4) is 0 Å². The summed E-state index contributed by atoms with van der Waals surface area (Å²) < 4.78 is 1.73. The summed E-state index contributed by atoms with van der Waals surface area (Å²) in [6.07, 6.45) is 2.73. The number of fused-ring (bicyclic) bond motifs is 1. The van der Waals surface area contributed by atoms with Crippen LogP contribution in [0.15, 0.2) is 18.5 Å². The van der Waals surface area contributed by atoms with Gasteiger partial charge in [-0.3, -0.25) is 0 Å². The predicted molar refractivity (Wildman–Crippen MR) is 68.6 cm³/mol. The summed E-state index contributed by atoms with van der Waals surface area (Å²) in [5.41, 5.74) is 0.154. The molecule has 2 aromatic heterocycles. The highest BCUT2D eigenvalue weighted by Crippen LogP contribution is 2.27. The van der Waals surface area contributed by atoms with Gasteiger partial charge in [0.15, 0.2) is 0 Å². The van der Waals surface area contributed by atoms with Crippen LogP contribution in [0, 0.1) is 0 Å². The summed E-state index contributed by atoms with van der Waals surface area (Å²) >= 11 is 0. The second kappa shape index (κ2) is 4.08. The van der Waals surface area contributed by atoms with E-state index < -0.39 is 11.9 Å². The third-order valence-corrected chi connectivity index (χ3v) is 2.84. The van der Waals surface area contributed by atoms with Gasteiger partial charge in [-0.2, -0.15) is 0 Å². The Morgan fingerprint density at radius 1 is 1.21 bits per heavy atom. The zero-order valence-corrected chi connectivity index (χ0v) is 10.8. The van der Waals surface area contributed by atoms with Crippen LogP contribution >= 0.6 is 0 Å². The molecule has 0 radical (unpaired) electrons. The fraction of sp³-hybridized carbons (Fsp3) is 0.308. The number of hydrogen-bond donors (Lipinski definition) is 2. The molecule has 0 atom stereocenters. The average molecular weight is 262 g/mol. The van der Waals surface area contributed by atoms with Gasteiger partial charge in [0.25, 0.3) is 0 Å². The van der Waals surface area contributed by atoms with Crippen LogP contribution in [0.1, 0.15) is 41.5 Å². The smallest absolute Gasteiger partial charge is 0.337 e. The number of aromatic carboxylic acids is 2. The number of rotatable bonds is 2. The van der Waals surface area contributed by atoms with E-state index in [1.165, 1.54) is 18.5 Å². The fourth-order valence-electron chi connectivity index (χ4n) is 1.91. The average Bonchev–Trinajstić information content (AvgIpc) is 2.66. The summed E-state index contributed by atoms with van der Waals surface area (Å²) in [6.45, 7) is 5.76. The van der Waals surface area contributed by atoms with Crippen LogP contribution in [0.3, 0.4) is 0 Å². The number of hydrogen-bond acceptors (Lipinski definition) is 3. The van der Waals surface area contributed by atoms with Crippen molar-refractivity contribution in [3.05, 3.63) is 29.6 Å². The first-order valence-electron chi connectivity index (χ1n) is 5.70. The Morgan fingerprint density at radius 2 is 1.84 bits per heavy atom. The molecule has 0 aliphatic rings. The highest BCUT2D eigenvalue weighted by molar-refractivity contribution is 6.04. The van der Waals surface area contributed by atoms with Crippen molar-refractivity contribution in [1.82, 2.24) is 9.55 Å². The van der Waals surface area contributed by atoms with Crippen molar-refractivity contribution in [1.29, 1.82) is 0 Å². The Kier molecular flexibility index (Phi) is 2.81. The van der Waals surface area contributed by atoms with Crippen LogP contribution in [-0.2, 0) is 5.54 Å². The molecule has 2 heterocycles. The van der Waals surface area contributed by atoms with Gasteiger partial charge in [-0.15, -0.1) is 0 Å². The summed E-state index contributed by atoms with van der Waals surface area (Å²) in [7, 11) is 0. The van der Waals surface area contributed by atoms with Crippen LogP contribution in [0.4, 0.5) is 0 Å². The maximum absolute atomic E-state index is 11.2. The van der Waals surface area contributed by atoms with Gasteiger partial charge >= 0.3 is 11.9 Å². The van der Waals surface area contributed by atoms with Gasteiger partial charge in [0.1, 0.15) is 5.65 Å². The van der Waals surface area contributed by atoms with Gasteiger partial charge in [0.05, 0.1) is 11.1 Å². The number of carboxylic acid groups (broad SMARTS) is 2. The highest BCUT2D eigenvalue weighted by atomic mass is 16.4. The quantitative estimate of drug-likeness (QED) is 0.865. The summed E-state index contributed by atoms with van der Waals surface area (Å²) in [5, 5.41) is 18.5. The van der Waals surface area contributed by atoms with E-state index in [1.807, 2.05) is 20.8 Å². The number of aromatic nitrogens is 2. The summed E-state index contributed by atoms with van der Waals surface area (Å²) in [4.78, 5) is 26.3. The van der Waals surface area contributed by atoms with Gasteiger partial charge in [0.2, 0.25) is 0 Å². The van der Waals surface area contributed by atoms with E-state index >= 15 is 0 Å². The van der Waals surface area contributed by atoms with Gasteiger partial charge in [-0.25, -0.2) is 14.6 Å². The topological polar surface area (TPSA) is 92.4 Å². The third-order valence-electron chi connectivity index (χ3n) is 2.84. The maximum Gasteiger partial charge on any atom is 0.337 e. The van der Waals surface area contributed by atoms with Crippen LogP contribution < -0.4 is 0 Å². The van der Waals surface area contributed by atoms with Gasteiger partial charge in [0, 0.05) is 23.3 Å². The highest BCUT2D eigenvalue weighted by Gasteiger charge is 2.23. The molecule has 0 saturated heterocycles. The first kappa shape index (κ1) is 13.1. The van der Waals surface area contributed by atoms with E-state index in [4.69, 9.17) is 5.11 Å². The second-order valence-corrected chi connectivity index (χ2v) is 5.29. The van der Waals surface area contributed by atoms with E-state index in [1.54, 1.807) is 4.57 Å². The number of carboxylic acids is 2. The Labute approximate surface area is 109 Å². The van der Waals surface area contributed by atoms with E-state index in [9.17, 15) is 14.7 Å². The van der Waals surface area contributed by atoms with E-state index in [-0.39, 0.29) is 16.7 Å². The molecule has 2 rings (SSSR count). The molecular formula is C13H14N2O4. The Morgan fingerprint density at radius 3 is 2.32 bits per heavy atom. The number of nitrogens with zero attached hydrogens (tertiary/aromatic N) is 2. The molecule has 0 saturated carbocycles. The first-order valence-corrected chi connectivity index (χ1v) is 5.70. The molecule has 6 nitrogen and oxygen atoms in total. The second-order valence-electron chi connectivity index (χ2n) is 5.29. The largest absolute Gasteiger partial charge is 0.478 e. The lowest BCUT2D eigenvalue weighted by atomic mass is 10.1. The summed E-state index contributed by atoms with van der Waals surface area (Å²) in [5.74, 6) is -2.23. The van der Waals surface area contributed by atoms with Gasteiger partial charge < -0.3 is 14.8 Å². The van der Waals surface area contributed by atoms with Crippen molar-refractivity contribution in [3.63, 3.8) is 0 Å². The number of carbonyl (C=O) groups is 2. The minimum Gasteiger partial charge on any atom is -0.478 e. The molecule has 0 aliphatic carbocycles. The van der Waals surface area contributed by atoms with Crippen molar-refractivity contribution >= 4 is 23.0 Å². The van der Waals surface area contributed by atoms with Crippen molar-refractivity contribution in [2.45, 2.75) is 26.3 Å². The fourth-order valence-corrected chi connectivity index (χ4v) is 1.91. The van der Waals surface area contributed by atoms with Crippen molar-refractivity contribution in [2.24, 2.45) is 0 Å². The van der Waals surface area contributed by atoms with Crippen LogP contribution in [0.5, 0.6) is 0 Å². The molecule has 0 unspecified atom stereocenters. The predicted octanol–water partition coefficient (Wildman–Crippen LogP) is 2.19. The Hall–Kier alpha value is -2.37. The van der Waals surface area contributed by atoms with E-state index in [0.717, 1.165) is 0 Å². The minimum atomic E-state index is -1.13. The molecule has 2 N–H and O–H groups in total. The van der Waals surface area contributed by atoms with Crippen molar-refractivity contribution < 1.29 is 19.8 Å². The Balaban J connectivity index is 2.83. The zero-order valence-electron chi connectivity index (χ0n) is 10.8. The molecule has 0 fully saturated rings. The van der Waals surface area contributed by atoms with Crippen LogP contribution in [0.2, 0.25) is 0 Å². The Bertz CT molecular complexity index is 680. The zero-order chi connectivity index (χ0) is 14.4. The standard InChI is InChI=1S/C13H14N2O4/c1-13(2,3)15-6-9(12(18)19)8-4-7(11(16)17)5-14-10(8)15/h4-6H,1-3H3,(H,16,17)(H,18,19). The van der Waals surface area contributed by atoms with Gasteiger partial charge in [-0.1, -0.05) is 0 Å². The molecular weight excluding hydrogens is 248 g/mol. The third kappa shape index (κ3) is 2.16. The normalized spacial score (nSPS) is 11.7. The molecule has 0 bridgehead atoms.